The molecule has 8 heteroatoms. The number of alkyl halides is 3. The highest BCUT2D eigenvalue weighted by atomic mass is 19.4. The molecular weight excluding hydrogens is 379 g/mol. The van der Waals surface area contributed by atoms with Gasteiger partial charge < -0.3 is 9.47 Å². The van der Waals surface area contributed by atoms with Crippen molar-refractivity contribution in [2.24, 2.45) is 7.05 Å². The third-order valence-electron chi connectivity index (χ3n) is 5.65. The zero-order valence-electron chi connectivity index (χ0n) is 16.5. The van der Waals surface area contributed by atoms with Crippen molar-refractivity contribution in [3.63, 3.8) is 0 Å². The van der Waals surface area contributed by atoms with E-state index in [2.05, 4.69) is 37.8 Å². The molecule has 4 rings (SSSR count). The van der Waals surface area contributed by atoms with E-state index >= 15 is 0 Å². The Hall–Kier alpha value is -2.61. The zero-order chi connectivity index (χ0) is 20.6. The Morgan fingerprint density at radius 2 is 2.00 bits per heavy atom. The third kappa shape index (κ3) is 4.07. The van der Waals surface area contributed by atoms with E-state index < -0.39 is 11.9 Å². The van der Waals surface area contributed by atoms with Gasteiger partial charge in [-0.1, -0.05) is 18.2 Å². The molecule has 1 fully saturated rings. The first-order valence-electron chi connectivity index (χ1n) is 9.71. The van der Waals surface area contributed by atoms with Crippen LogP contribution in [-0.2, 0) is 19.8 Å². The molecule has 3 heterocycles. The fourth-order valence-corrected chi connectivity index (χ4v) is 4.12. The molecule has 0 N–H and O–H groups in total. The Bertz CT molecular complexity index is 997. The molecule has 3 aromatic rings. The van der Waals surface area contributed by atoms with Crippen molar-refractivity contribution in [3.05, 3.63) is 54.0 Å². The molecule has 1 aliphatic rings. The SMILES string of the molecule is CN(c1nccc(C(F)(F)F)n1)C1CCCN(Cc2cn(C)c3ccccc23)C1. The van der Waals surface area contributed by atoms with Crippen molar-refractivity contribution in [3.8, 4) is 0 Å². The fourth-order valence-electron chi connectivity index (χ4n) is 4.12. The van der Waals surface area contributed by atoms with Gasteiger partial charge in [0.15, 0.2) is 0 Å². The maximum absolute atomic E-state index is 13.0. The van der Waals surface area contributed by atoms with E-state index in [-0.39, 0.29) is 12.0 Å². The second-order valence-corrected chi connectivity index (χ2v) is 7.66. The summed E-state index contributed by atoms with van der Waals surface area (Å²) in [6, 6.07) is 9.30. The average molecular weight is 403 g/mol. The fraction of sp³-hybridized carbons (Fsp3) is 0.429. The van der Waals surface area contributed by atoms with Gasteiger partial charge in [-0.15, -0.1) is 0 Å². The molecule has 1 unspecified atom stereocenters. The standard InChI is InChI=1S/C21H24F3N5/c1-27-12-15(17-7-3-4-8-18(17)27)13-29-11-5-6-16(14-29)28(2)20-25-10-9-19(26-20)21(22,23)24/h3-4,7-10,12,16H,5-6,11,13-14H2,1-2H3. The lowest BCUT2D eigenvalue weighted by Crippen LogP contribution is -2.46. The van der Waals surface area contributed by atoms with Gasteiger partial charge in [-0.3, -0.25) is 4.90 Å². The Morgan fingerprint density at radius 1 is 1.21 bits per heavy atom. The highest BCUT2D eigenvalue weighted by molar-refractivity contribution is 5.83. The molecule has 0 spiro atoms. The number of anilines is 1. The molecular formula is C21H24F3N5. The van der Waals surface area contributed by atoms with Crippen LogP contribution in [0, 0.1) is 0 Å². The van der Waals surface area contributed by atoms with E-state index in [1.807, 2.05) is 19.2 Å². The van der Waals surface area contributed by atoms with Gasteiger partial charge in [0.1, 0.15) is 5.69 Å². The molecule has 0 bridgehead atoms. The van der Waals surface area contributed by atoms with Crippen LogP contribution in [0.4, 0.5) is 19.1 Å². The predicted molar refractivity (Wildman–Crippen MR) is 107 cm³/mol. The van der Waals surface area contributed by atoms with Gasteiger partial charge in [0.05, 0.1) is 0 Å². The number of benzene rings is 1. The number of rotatable bonds is 4. The van der Waals surface area contributed by atoms with Crippen LogP contribution in [0.25, 0.3) is 10.9 Å². The molecule has 0 saturated carbocycles. The summed E-state index contributed by atoms with van der Waals surface area (Å²) < 4.78 is 41.1. The van der Waals surface area contributed by atoms with Crippen LogP contribution >= 0.6 is 0 Å². The molecule has 1 atom stereocenters. The summed E-state index contributed by atoms with van der Waals surface area (Å²) >= 11 is 0. The number of hydrogen-bond acceptors (Lipinski definition) is 4. The lowest BCUT2D eigenvalue weighted by Gasteiger charge is -2.37. The Balaban J connectivity index is 1.49. The van der Waals surface area contributed by atoms with Crippen molar-refractivity contribution in [1.29, 1.82) is 0 Å². The van der Waals surface area contributed by atoms with Gasteiger partial charge in [-0.25, -0.2) is 9.97 Å². The summed E-state index contributed by atoms with van der Waals surface area (Å²) in [5.41, 5.74) is 1.56. The summed E-state index contributed by atoms with van der Waals surface area (Å²) in [4.78, 5) is 12.0. The number of likely N-dealkylation sites (tertiary alicyclic amines) is 1. The maximum atomic E-state index is 13.0. The van der Waals surface area contributed by atoms with Crippen LogP contribution in [-0.4, -0.2) is 45.6 Å². The molecule has 1 saturated heterocycles. The van der Waals surface area contributed by atoms with Crippen molar-refractivity contribution in [2.75, 3.05) is 25.0 Å². The van der Waals surface area contributed by atoms with Gasteiger partial charge in [0, 0.05) is 56.5 Å². The normalized spacial score (nSPS) is 18.3. The van der Waals surface area contributed by atoms with E-state index in [1.165, 1.54) is 22.7 Å². The molecule has 5 nitrogen and oxygen atoms in total. The van der Waals surface area contributed by atoms with E-state index in [1.54, 1.807) is 11.9 Å². The summed E-state index contributed by atoms with van der Waals surface area (Å²) in [6.07, 6.45) is 0.763. The zero-order valence-corrected chi connectivity index (χ0v) is 16.5. The number of hydrogen-bond donors (Lipinski definition) is 0. The first-order chi connectivity index (χ1) is 13.8. The molecule has 2 aromatic heterocycles. The smallest absolute Gasteiger partial charge is 0.350 e. The van der Waals surface area contributed by atoms with Crippen LogP contribution in [0.3, 0.4) is 0 Å². The summed E-state index contributed by atoms with van der Waals surface area (Å²) in [6.45, 7) is 2.55. The molecule has 154 valence electrons. The minimum Gasteiger partial charge on any atom is -0.350 e. The first-order valence-corrected chi connectivity index (χ1v) is 9.71. The minimum absolute atomic E-state index is 0.0715. The number of aromatic nitrogens is 3. The highest BCUT2D eigenvalue weighted by Crippen LogP contribution is 2.29. The van der Waals surface area contributed by atoms with E-state index in [4.69, 9.17) is 0 Å². The number of fused-ring (bicyclic) bond motifs is 1. The molecule has 0 radical (unpaired) electrons. The number of piperidine rings is 1. The first kappa shape index (κ1) is 19.7. The van der Waals surface area contributed by atoms with Crippen LogP contribution in [0.2, 0.25) is 0 Å². The van der Waals surface area contributed by atoms with E-state index in [0.717, 1.165) is 38.5 Å². The van der Waals surface area contributed by atoms with Crippen molar-refractivity contribution in [2.45, 2.75) is 31.6 Å². The van der Waals surface area contributed by atoms with Crippen molar-refractivity contribution >= 4 is 16.9 Å². The largest absolute Gasteiger partial charge is 0.433 e. The number of nitrogens with zero attached hydrogens (tertiary/aromatic N) is 5. The number of para-hydroxylation sites is 1. The molecule has 0 aliphatic carbocycles. The molecule has 29 heavy (non-hydrogen) atoms. The number of halogens is 3. The van der Waals surface area contributed by atoms with Crippen LogP contribution in [0.1, 0.15) is 24.1 Å². The van der Waals surface area contributed by atoms with Gasteiger partial charge in [-0.05, 0) is 37.1 Å². The second-order valence-electron chi connectivity index (χ2n) is 7.66. The maximum Gasteiger partial charge on any atom is 0.433 e. The lowest BCUT2D eigenvalue weighted by molar-refractivity contribution is -0.141. The summed E-state index contributed by atoms with van der Waals surface area (Å²) in [7, 11) is 3.82. The minimum atomic E-state index is -4.47. The highest BCUT2D eigenvalue weighted by Gasteiger charge is 2.34. The van der Waals surface area contributed by atoms with Gasteiger partial charge in [-0.2, -0.15) is 13.2 Å². The number of aryl methyl sites for hydroxylation is 1. The van der Waals surface area contributed by atoms with Crippen LogP contribution in [0.5, 0.6) is 0 Å². The van der Waals surface area contributed by atoms with Crippen molar-refractivity contribution < 1.29 is 13.2 Å². The molecule has 1 aromatic carbocycles. The van der Waals surface area contributed by atoms with Gasteiger partial charge in [0.2, 0.25) is 5.95 Å². The van der Waals surface area contributed by atoms with Gasteiger partial charge in [0.25, 0.3) is 0 Å². The third-order valence-corrected chi connectivity index (χ3v) is 5.65. The van der Waals surface area contributed by atoms with Crippen molar-refractivity contribution in [1.82, 2.24) is 19.4 Å². The topological polar surface area (TPSA) is 37.2 Å². The quantitative estimate of drug-likeness (QED) is 0.658. The Kier molecular flexibility index (Phi) is 5.21. The Morgan fingerprint density at radius 3 is 2.79 bits per heavy atom. The van der Waals surface area contributed by atoms with E-state index in [9.17, 15) is 13.2 Å². The average Bonchev–Trinajstić information content (AvgIpc) is 3.03. The van der Waals surface area contributed by atoms with Crippen LogP contribution in [0.15, 0.2) is 42.7 Å². The Labute approximate surface area is 167 Å². The predicted octanol–water partition coefficient (Wildman–Crippen LogP) is 4.09. The monoisotopic (exact) mass is 403 g/mol. The summed E-state index contributed by atoms with van der Waals surface area (Å²) in [5, 5.41) is 1.24. The summed E-state index contributed by atoms with van der Waals surface area (Å²) in [5.74, 6) is 0.122. The second kappa shape index (κ2) is 7.67. The number of likely N-dealkylation sites (N-methyl/N-ethyl adjacent to an activating group) is 1. The van der Waals surface area contributed by atoms with E-state index in [0.29, 0.717) is 0 Å². The molecule has 1 aliphatic heterocycles. The molecule has 0 amide bonds. The van der Waals surface area contributed by atoms with Crippen LogP contribution < -0.4 is 4.90 Å². The van der Waals surface area contributed by atoms with Gasteiger partial charge >= 0.3 is 6.18 Å². The lowest BCUT2D eigenvalue weighted by atomic mass is 10.0.